The van der Waals surface area contributed by atoms with Crippen LogP contribution in [0.1, 0.15) is 43.9 Å². The van der Waals surface area contributed by atoms with Crippen LogP contribution in [0.4, 0.5) is 0 Å². The Hall–Kier alpha value is -1.86. The molecule has 0 radical (unpaired) electrons. The maximum atomic E-state index is 12.3. The van der Waals surface area contributed by atoms with Gasteiger partial charge in [0, 0.05) is 19.1 Å². The summed E-state index contributed by atoms with van der Waals surface area (Å²) >= 11 is 0. The molecule has 1 aromatic carbocycles. The van der Waals surface area contributed by atoms with E-state index in [0.717, 1.165) is 19.3 Å². The molecule has 4 heteroatoms. The number of likely N-dealkylation sites (N-methyl/N-ethyl adjacent to an activating group) is 1. The molecule has 0 spiro atoms. The van der Waals surface area contributed by atoms with E-state index in [4.69, 9.17) is 5.26 Å². The van der Waals surface area contributed by atoms with Gasteiger partial charge < -0.3 is 10.2 Å². The first-order chi connectivity index (χ1) is 10.7. The number of carbonyl (C=O) groups excluding carboxylic acids is 1. The van der Waals surface area contributed by atoms with Crippen LogP contribution in [0.5, 0.6) is 0 Å². The van der Waals surface area contributed by atoms with Crippen LogP contribution >= 0.6 is 0 Å². The fraction of sp³-hybridized carbons (Fsp3) is 0.556. The summed E-state index contributed by atoms with van der Waals surface area (Å²) in [6.45, 7) is 5.30. The molecule has 22 heavy (non-hydrogen) atoms. The third-order valence-corrected chi connectivity index (χ3v) is 4.32. The van der Waals surface area contributed by atoms with Crippen molar-refractivity contribution in [1.82, 2.24) is 10.2 Å². The second kappa shape index (κ2) is 7.95. The van der Waals surface area contributed by atoms with Crippen molar-refractivity contribution in [1.29, 1.82) is 5.26 Å². The normalized spacial score (nSPS) is 18.1. The lowest BCUT2D eigenvalue weighted by Crippen LogP contribution is -2.41. The average molecular weight is 299 g/mol. The first-order valence-electron chi connectivity index (χ1n) is 8.14. The number of benzene rings is 1. The molecule has 0 heterocycles. The maximum Gasteiger partial charge on any atom is 0.236 e. The van der Waals surface area contributed by atoms with E-state index in [1.807, 2.05) is 13.8 Å². The standard InChI is InChI=1S/C18H25N3O/c1-3-21(13-14(2)11-19)18(22)12-20-17-10-6-8-15-7-4-5-9-16(15)17/h4-5,7,9,14,17,20H,3,6,8,10,12-13H2,1-2H3/t14-,17+/m0/s1. The summed E-state index contributed by atoms with van der Waals surface area (Å²) in [5.41, 5.74) is 2.72. The number of amides is 1. The fourth-order valence-electron chi connectivity index (χ4n) is 3.07. The molecule has 118 valence electrons. The smallest absolute Gasteiger partial charge is 0.236 e. The Morgan fingerprint density at radius 1 is 1.50 bits per heavy atom. The monoisotopic (exact) mass is 299 g/mol. The van der Waals surface area contributed by atoms with E-state index in [9.17, 15) is 4.79 Å². The van der Waals surface area contributed by atoms with Gasteiger partial charge in [0.05, 0.1) is 18.5 Å². The zero-order valence-corrected chi connectivity index (χ0v) is 13.5. The topological polar surface area (TPSA) is 56.1 Å². The molecule has 2 rings (SSSR count). The van der Waals surface area contributed by atoms with E-state index >= 15 is 0 Å². The summed E-state index contributed by atoms with van der Waals surface area (Å²) in [7, 11) is 0. The van der Waals surface area contributed by atoms with Gasteiger partial charge in [-0.05, 0) is 44.2 Å². The Labute approximate surface area is 133 Å². The SMILES string of the molecule is CCN(C[C@@H](C)C#N)C(=O)CN[C@@H]1CCCc2ccccc21. The summed E-state index contributed by atoms with van der Waals surface area (Å²) in [5, 5.41) is 12.3. The Morgan fingerprint density at radius 2 is 2.27 bits per heavy atom. The third kappa shape index (κ3) is 4.08. The van der Waals surface area contributed by atoms with E-state index in [1.54, 1.807) is 4.90 Å². The summed E-state index contributed by atoms with van der Waals surface area (Å²) in [6, 6.07) is 10.9. The van der Waals surface area contributed by atoms with Crippen LogP contribution in [0.15, 0.2) is 24.3 Å². The summed E-state index contributed by atoms with van der Waals surface area (Å²) in [4.78, 5) is 14.1. The summed E-state index contributed by atoms with van der Waals surface area (Å²) in [6.07, 6.45) is 3.36. The van der Waals surface area contributed by atoms with Crippen molar-refractivity contribution < 1.29 is 4.79 Å². The van der Waals surface area contributed by atoms with Crippen LogP contribution in [0.2, 0.25) is 0 Å². The van der Waals surface area contributed by atoms with Gasteiger partial charge in [-0.15, -0.1) is 0 Å². The zero-order chi connectivity index (χ0) is 15.9. The lowest BCUT2D eigenvalue weighted by atomic mass is 9.88. The van der Waals surface area contributed by atoms with E-state index < -0.39 is 0 Å². The van der Waals surface area contributed by atoms with Gasteiger partial charge >= 0.3 is 0 Å². The summed E-state index contributed by atoms with van der Waals surface area (Å²) in [5.74, 6) is -0.0491. The molecular formula is C18H25N3O. The number of rotatable bonds is 6. The Morgan fingerprint density at radius 3 is 3.00 bits per heavy atom. The molecule has 0 aliphatic heterocycles. The molecule has 1 N–H and O–H groups in total. The Kier molecular flexibility index (Phi) is 5.97. The Balaban J connectivity index is 1.93. The highest BCUT2D eigenvalue weighted by Gasteiger charge is 2.21. The second-order valence-corrected chi connectivity index (χ2v) is 5.99. The van der Waals surface area contributed by atoms with Crippen LogP contribution < -0.4 is 5.32 Å². The molecule has 0 aromatic heterocycles. The highest BCUT2D eigenvalue weighted by Crippen LogP contribution is 2.29. The van der Waals surface area contributed by atoms with E-state index in [1.165, 1.54) is 11.1 Å². The number of nitrogens with one attached hydrogen (secondary N) is 1. The number of hydrogen-bond donors (Lipinski definition) is 1. The van der Waals surface area contributed by atoms with Crippen LogP contribution in [0.3, 0.4) is 0 Å². The molecule has 1 aromatic rings. The van der Waals surface area contributed by atoms with Crippen LogP contribution in [0, 0.1) is 17.2 Å². The predicted molar refractivity (Wildman–Crippen MR) is 87.2 cm³/mol. The van der Waals surface area contributed by atoms with Crippen molar-refractivity contribution in [2.45, 2.75) is 39.2 Å². The highest BCUT2D eigenvalue weighted by molar-refractivity contribution is 5.78. The number of hydrogen-bond acceptors (Lipinski definition) is 3. The molecule has 2 atom stereocenters. The third-order valence-electron chi connectivity index (χ3n) is 4.32. The van der Waals surface area contributed by atoms with Crippen LogP contribution in [-0.4, -0.2) is 30.4 Å². The van der Waals surface area contributed by atoms with Gasteiger partial charge in [0.25, 0.3) is 0 Å². The quantitative estimate of drug-likeness (QED) is 0.878. The van der Waals surface area contributed by atoms with Crippen molar-refractivity contribution in [2.75, 3.05) is 19.6 Å². The van der Waals surface area contributed by atoms with Gasteiger partial charge in [-0.2, -0.15) is 5.26 Å². The van der Waals surface area contributed by atoms with Crippen molar-refractivity contribution in [2.24, 2.45) is 5.92 Å². The molecule has 4 nitrogen and oxygen atoms in total. The molecule has 0 saturated heterocycles. The molecular weight excluding hydrogens is 274 g/mol. The maximum absolute atomic E-state index is 12.3. The zero-order valence-electron chi connectivity index (χ0n) is 13.5. The van der Waals surface area contributed by atoms with Gasteiger partial charge in [0.1, 0.15) is 0 Å². The number of aryl methyl sites for hydroxylation is 1. The van der Waals surface area contributed by atoms with Gasteiger partial charge in [-0.3, -0.25) is 4.79 Å². The van der Waals surface area contributed by atoms with Crippen molar-refractivity contribution in [3.8, 4) is 6.07 Å². The molecule has 1 aliphatic rings. The lowest BCUT2D eigenvalue weighted by molar-refractivity contribution is -0.130. The molecule has 0 saturated carbocycles. The van der Waals surface area contributed by atoms with Crippen molar-refractivity contribution in [3.63, 3.8) is 0 Å². The second-order valence-electron chi connectivity index (χ2n) is 5.99. The van der Waals surface area contributed by atoms with Crippen LogP contribution in [-0.2, 0) is 11.2 Å². The minimum atomic E-state index is -0.126. The lowest BCUT2D eigenvalue weighted by Gasteiger charge is -2.28. The van der Waals surface area contributed by atoms with Crippen LogP contribution in [0.25, 0.3) is 0 Å². The first-order valence-corrected chi connectivity index (χ1v) is 8.14. The first kappa shape index (κ1) is 16.5. The number of fused-ring (bicyclic) bond motifs is 1. The molecule has 0 bridgehead atoms. The predicted octanol–water partition coefficient (Wildman–Crippen LogP) is 2.66. The van der Waals surface area contributed by atoms with E-state index in [-0.39, 0.29) is 17.9 Å². The molecule has 1 aliphatic carbocycles. The molecule has 0 fully saturated rings. The fourth-order valence-corrected chi connectivity index (χ4v) is 3.07. The van der Waals surface area contributed by atoms with Gasteiger partial charge in [-0.1, -0.05) is 24.3 Å². The number of nitrogens with zero attached hydrogens (tertiary/aromatic N) is 2. The number of carbonyl (C=O) groups is 1. The van der Waals surface area contributed by atoms with Gasteiger partial charge in [0.2, 0.25) is 5.91 Å². The highest BCUT2D eigenvalue weighted by atomic mass is 16.2. The van der Waals surface area contributed by atoms with Crippen molar-refractivity contribution >= 4 is 5.91 Å². The van der Waals surface area contributed by atoms with Gasteiger partial charge in [-0.25, -0.2) is 0 Å². The minimum absolute atomic E-state index is 0.0765. The van der Waals surface area contributed by atoms with Gasteiger partial charge in [0.15, 0.2) is 0 Å². The largest absolute Gasteiger partial charge is 0.341 e. The van der Waals surface area contributed by atoms with Crippen molar-refractivity contribution in [3.05, 3.63) is 35.4 Å². The Bertz CT molecular complexity index is 550. The van der Waals surface area contributed by atoms with E-state index in [2.05, 4.69) is 35.7 Å². The molecule has 1 amide bonds. The van der Waals surface area contributed by atoms with E-state index in [0.29, 0.717) is 19.6 Å². The number of nitriles is 1. The minimum Gasteiger partial charge on any atom is -0.341 e. The average Bonchev–Trinajstić information content (AvgIpc) is 2.57. The molecule has 0 unspecified atom stereocenters. The summed E-state index contributed by atoms with van der Waals surface area (Å²) < 4.78 is 0.